The van der Waals surface area contributed by atoms with Gasteiger partial charge in [0.1, 0.15) is 0 Å². The number of carboxylic acid groups (broad SMARTS) is 1. The van der Waals surface area contributed by atoms with Crippen LogP contribution in [-0.4, -0.2) is 43.6 Å². The van der Waals surface area contributed by atoms with E-state index < -0.39 is 13.3 Å². The van der Waals surface area contributed by atoms with Gasteiger partial charge in [-0.3, -0.25) is 4.57 Å². The van der Waals surface area contributed by atoms with Crippen LogP contribution in [0.2, 0.25) is 0 Å². The minimum absolute atomic E-state index is 0.0403. The Morgan fingerprint density at radius 3 is 2.74 bits per heavy atom. The molecule has 0 amide bonds. The number of rotatable bonds is 10. The fourth-order valence-electron chi connectivity index (χ4n) is 2.13. The normalized spacial score (nSPS) is 14.9. The Labute approximate surface area is 141 Å². The van der Waals surface area contributed by atoms with Crippen LogP contribution in [0.25, 0.3) is 0 Å². The fraction of sp³-hybridized carbons (Fsp3) is 0.600. The molecular formula is C15H25N2O4PS. The highest BCUT2D eigenvalue weighted by Gasteiger charge is 2.24. The first kappa shape index (κ1) is 20.0. The van der Waals surface area contributed by atoms with E-state index >= 15 is 0 Å². The Balaban J connectivity index is 2.48. The molecule has 0 aliphatic rings. The molecule has 23 heavy (non-hydrogen) atoms. The van der Waals surface area contributed by atoms with E-state index in [0.717, 1.165) is 17.3 Å². The number of carboxylic acids is 1. The molecule has 0 aliphatic carbocycles. The average Bonchev–Trinajstić information content (AvgIpc) is 2.80. The first-order chi connectivity index (χ1) is 10.7. The minimum Gasteiger partial charge on any atom is -0.478 e. The highest BCUT2D eigenvalue weighted by molar-refractivity contribution is 7.99. The molecule has 0 radical (unpaired) electrons. The maximum Gasteiger partial charge on any atom is 0.331 e. The number of allylic oxidation sites excluding steroid dienone is 1. The molecule has 6 nitrogen and oxygen atoms in total. The summed E-state index contributed by atoms with van der Waals surface area (Å²) in [7, 11) is -1.51. The fourth-order valence-corrected chi connectivity index (χ4v) is 5.10. The van der Waals surface area contributed by atoms with Crippen LogP contribution in [0.5, 0.6) is 0 Å². The molecule has 1 rings (SSSR count). The summed E-state index contributed by atoms with van der Waals surface area (Å²) in [5.41, 5.74) is 0.0403. The van der Waals surface area contributed by atoms with Crippen molar-refractivity contribution in [3.8, 4) is 0 Å². The zero-order chi connectivity index (χ0) is 17.5. The Hall–Kier alpha value is -1.04. The summed E-state index contributed by atoms with van der Waals surface area (Å²) in [6.07, 6.45) is 6.43. The van der Waals surface area contributed by atoms with Crippen molar-refractivity contribution in [1.82, 2.24) is 9.55 Å². The van der Waals surface area contributed by atoms with E-state index in [9.17, 15) is 19.4 Å². The molecule has 1 unspecified atom stereocenters. The van der Waals surface area contributed by atoms with Crippen molar-refractivity contribution >= 4 is 25.1 Å². The van der Waals surface area contributed by atoms with Crippen LogP contribution < -0.4 is 0 Å². The van der Waals surface area contributed by atoms with Gasteiger partial charge in [0.25, 0.3) is 0 Å². The number of imidazole rings is 1. The summed E-state index contributed by atoms with van der Waals surface area (Å²) >= 11 is 1.61. The topological polar surface area (TPSA) is 92.4 Å². The van der Waals surface area contributed by atoms with Gasteiger partial charge in [-0.1, -0.05) is 31.7 Å². The monoisotopic (exact) mass is 360 g/mol. The van der Waals surface area contributed by atoms with Crippen molar-refractivity contribution in [1.29, 1.82) is 0 Å². The Kier molecular flexibility index (Phi) is 8.09. The van der Waals surface area contributed by atoms with Gasteiger partial charge in [0.15, 0.2) is 5.16 Å². The van der Waals surface area contributed by atoms with Crippen LogP contribution in [0.3, 0.4) is 0 Å². The van der Waals surface area contributed by atoms with Crippen molar-refractivity contribution in [3.63, 3.8) is 0 Å². The van der Waals surface area contributed by atoms with Crippen LogP contribution in [0.15, 0.2) is 29.2 Å². The predicted molar refractivity (Wildman–Crippen MR) is 93.3 cm³/mol. The molecule has 1 atom stereocenters. The van der Waals surface area contributed by atoms with E-state index in [0.29, 0.717) is 6.42 Å². The second-order valence-electron chi connectivity index (χ2n) is 5.93. The van der Waals surface area contributed by atoms with Crippen molar-refractivity contribution in [2.75, 3.05) is 18.1 Å². The van der Waals surface area contributed by atoms with Gasteiger partial charge >= 0.3 is 5.97 Å². The van der Waals surface area contributed by atoms with E-state index in [1.165, 1.54) is 0 Å². The Morgan fingerprint density at radius 2 is 2.22 bits per heavy atom. The zero-order valence-electron chi connectivity index (χ0n) is 13.8. The smallest absolute Gasteiger partial charge is 0.331 e. The predicted octanol–water partition coefficient (Wildman–Crippen LogP) is 3.23. The largest absolute Gasteiger partial charge is 0.478 e. The number of aliphatic carboxylic acids is 1. The summed E-state index contributed by atoms with van der Waals surface area (Å²) in [6, 6.07) is 0. The molecule has 0 aliphatic heterocycles. The molecule has 130 valence electrons. The minimum atomic E-state index is -3.43. The lowest BCUT2D eigenvalue weighted by molar-refractivity contribution is -0.132. The molecule has 1 heterocycles. The molecule has 0 aromatic carbocycles. The first-order valence-electron chi connectivity index (χ1n) is 7.54. The molecule has 0 saturated carbocycles. The molecule has 8 heteroatoms. The molecule has 0 bridgehead atoms. The van der Waals surface area contributed by atoms with Gasteiger partial charge in [0.2, 0.25) is 7.37 Å². The van der Waals surface area contributed by atoms with Gasteiger partial charge in [0, 0.05) is 36.9 Å². The van der Waals surface area contributed by atoms with E-state index in [4.69, 9.17) is 0 Å². The lowest BCUT2D eigenvalue weighted by Crippen LogP contribution is -2.09. The van der Waals surface area contributed by atoms with Gasteiger partial charge in [-0.15, -0.1) is 0 Å². The Bertz CT molecular complexity index is 598. The summed E-state index contributed by atoms with van der Waals surface area (Å²) in [6.45, 7) is 3.70. The van der Waals surface area contributed by atoms with Crippen LogP contribution in [0.1, 0.15) is 26.7 Å². The number of carbonyl (C=O) groups is 1. The highest BCUT2D eigenvalue weighted by Crippen LogP contribution is 2.44. The number of unbranched alkanes of at least 4 members (excludes halogenated alkanes) is 1. The van der Waals surface area contributed by atoms with Crippen LogP contribution in [-0.2, 0) is 16.4 Å². The van der Waals surface area contributed by atoms with E-state index in [1.807, 2.05) is 31.7 Å². The van der Waals surface area contributed by atoms with Crippen LogP contribution in [0, 0.1) is 5.92 Å². The van der Waals surface area contributed by atoms with Gasteiger partial charge in [-0.25, -0.2) is 9.78 Å². The highest BCUT2D eigenvalue weighted by atomic mass is 32.2. The molecule has 0 spiro atoms. The van der Waals surface area contributed by atoms with Gasteiger partial charge in [0.05, 0.1) is 6.16 Å². The molecule has 2 N–H and O–H groups in total. The van der Waals surface area contributed by atoms with Gasteiger partial charge in [-0.2, -0.15) is 0 Å². The summed E-state index contributed by atoms with van der Waals surface area (Å²) in [5, 5.41) is 10.1. The van der Waals surface area contributed by atoms with E-state index in [2.05, 4.69) is 4.98 Å². The van der Waals surface area contributed by atoms with E-state index in [-0.39, 0.29) is 23.8 Å². The SMILES string of the molecule is CC(C)CP(=O)(O)CC(=CCCCSc1nccn1C)C(=O)O. The molecule has 1 aromatic rings. The van der Waals surface area contributed by atoms with Crippen molar-refractivity contribution in [2.45, 2.75) is 31.8 Å². The van der Waals surface area contributed by atoms with Crippen molar-refractivity contribution in [3.05, 3.63) is 24.0 Å². The third-order valence-corrected chi connectivity index (χ3v) is 6.37. The molecular weight excluding hydrogens is 335 g/mol. The van der Waals surface area contributed by atoms with Crippen LogP contribution >= 0.6 is 19.1 Å². The molecule has 0 fully saturated rings. The van der Waals surface area contributed by atoms with Gasteiger partial charge in [-0.05, 0) is 18.8 Å². The summed E-state index contributed by atoms with van der Waals surface area (Å²) < 4.78 is 14.0. The number of hydrogen-bond donors (Lipinski definition) is 2. The maximum absolute atomic E-state index is 12.1. The second-order valence-corrected chi connectivity index (χ2v) is 9.36. The molecule has 0 saturated heterocycles. The summed E-state index contributed by atoms with van der Waals surface area (Å²) in [4.78, 5) is 25.3. The third kappa shape index (κ3) is 7.86. The number of hydrogen-bond acceptors (Lipinski definition) is 4. The number of thioether (sulfide) groups is 1. The number of aryl methyl sites for hydroxylation is 1. The Morgan fingerprint density at radius 1 is 1.52 bits per heavy atom. The maximum atomic E-state index is 12.1. The second kappa shape index (κ2) is 9.30. The lowest BCUT2D eigenvalue weighted by Gasteiger charge is -2.14. The molecule has 1 aromatic heterocycles. The van der Waals surface area contributed by atoms with E-state index in [1.54, 1.807) is 24.0 Å². The quantitative estimate of drug-likeness (QED) is 0.288. The number of aromatic nitrogens is 2. The lowest BCUT2D eigenvalue weighted by atomic mass is 10.2. The first-order valence-corrected chi connectivity index (χ1v) is 10.6. The van der Waals surface area contributed by atoms with Gasteiger partial charge < -0.3 is 14.6 Å². The van der Waals surface area contributed by atoms with Crippen molar-refractivity contribution < 1.29 is 19.4 Å². The standard InChI is InChI=1S/C15H25N2O4PS/c1-12(2)10-22(20,21)11-13(14(18)19)6-4-5-9-23-15-16-7-8-17(15)3/h6-8,12H,4-5,9-11H2,1-3H3,(H,18,19)(H,20,21). The summed E-state index contributed by atoms with van der Waals surface area (Å²) in [5.74, 6) is -0.230. The third-order valence-electron chi connectivity index (χ3n) is 3.09. The average molecular weight is 360 g/mol. The number of nitrogens with zero attached hydrogens (tertiary/aromatic N) is 2. The van der Waals surface area contributed by atoms with Crippen LogP contribution in [0.4, 0.5) is 0 Å². The zero-order valence-corrected chi connectivity index (χ0v) is 15.5. The van der Waals surface area contributed by atoms with Crippen molar-refractivity contribution in [2.24, 2.45) is 13.0 Å².